The van der Waals surface area contributed by atoms with Crippen LogP contribution in [0.2, 0.25) is 0 Å². The molecule has 0 bridgehead atoms. The first-order valence-corrected chi connectivity index (χ1v) is 7.72. The average molecular weight is 285 g/mol. The molecule has 0 unspecified atom stereocenters. The van der Waals surface area contributed by atoms with Crippen molar-refractivity contribution in [1.82, 2.24) is 0 Å². The van der Waals surface area contributed by atoms with Crippen LogP contribution in [0.5, 0.6) is 0 Å². The highest BCUT2D eigenvalue weighted by Gasteiger charge is 2.47. The summed E-state index contributed by atoms with van der Waals surface area (Å²) in [7, 11) is 0. The SMILES string of the molecule is Cc1cc(C)cc(N2C(=O)OC(=C3CCCC3)C2(C)C)c1. The third-order valence-corrected chi connectivity index (χ3v) is 4.48. The second kappa shape index (κ2) is 4.90. The molecular formula is C18H23NO2. The highest BCUT2D eigenvalue weighted by Crippen LogP contribution is 2.42. The molecule has 3 nitrogen and oxygen atoms in total. The number of nitrogens with zero attached hydrogens (tertiary/aromatic N) is 1. The molecule has 1 aromatic carbocycles. The largest absolute Gasteiger partial charge is 0.420 e. The third-order valence-electron chi connectivity index (χ3n) is 4.48. The monoisotopic (exact) mass is 285 g/mol. The van der Waals surface area contributed by atoms with Gasteiger partial charge in [0, 0.05) is 5.69 Å². The summed E-state index contributed by atoms with van der Waals surface area (Å²) in [5.41, 5.74) is 4.17. The zero-order chi connectivity index (χ0) is 15.2. The zero-order valence-electron chi connectivity index (χ0n) is 13.3. The van der Waals surface area contributed by atoms with Crippen LogP contribution < -0.4 is 4.90 Å². The van der Waals surface area contributed by atoms with E-state index >= 15 is 0 Å². The Labute approximate surface area is 126 Å². The molecule has 1 saturated carbocycles. The molecule has 1 amide bonds. The number of allylic oxidation sites excluding steroid dienone is 1. The summed E-state index contributed by atoms with van der Waals surface area (Å²) in [5, 5.41) is 0. The van der Waals surface area contributed by atoms with Crippen molar-refractivity contribution in [3.8, 4) is 0 Å². The van der Waals surface area contributed by atoms with Gasteiger partial charge in [0.25, 0.3) is 0 Å². The number of amides is 1. The Hall–Kier alpha value is -1.77. The minimum atomic E-state index is -0.406. The van der Waals surface area contributed by atoms with Crippen LogP contribution in [-0.4, -0.2) is 11.6 Å². The van der Waals surface area contributed by atoms with Crippen LogP contribution in [0.3, 0.4) is 0 Å². The molecule has 3 rings (SSSR count). The van der Waals surface area contributed by atoms with Crippen LogP contribution in [0.25, 0.3) is 0 Å². The molecule has 21 heavy (non-hydrogen) atoms. The minimum absolute atomic E-state index is 0.251. The lowest BCUT2D eigenvalue weighted by Gasteiger charge is -2.29. The molecule has 1 aromatic rings. The Balaban J connectivity index is 2.06. The predicted molar refractivity (Wildman–Crippen MR) is 84.4 cm³/mol. The summed E-state index contributed by atoms with van der Waals surface area (Å²) >= 11 is 0. The Morgan fingerprint density at radius 1 is 1.05 bits per heavy atom. The number of cyclic esters (lactones) is 1. The lowest BCUT2D eigenvalue weighted by atomic mass is 9.95. The second-order valence-corrected chi connectivity index (χ2v) is 6.75. The van der Waals surface area contributed by atoms with Crippen LogP contribution in [0.1, 0.15) is 50.7 Å². The molecule has 112 valence electrons. The van der Waals surface area contributed by atoms with Gasteiger partial charge in [-0.1, -0.05) is 6.07 Å². The van der Waals surface area contributed by atoms with Gasteiger partial charge in [0.15, 0.2) is 0 Å². The van der Waals surface area contributed by atoms with Crippen molar-refractivity contribution >= 4 is 11.8 Å². The van der Waals surface area contributed by atoms with Crippen molar-refractivity contribution < 1.29 is 9.53 Å². The average Bonchev–Trinajstić information content (AvgIpc) is 2.94. The molecule has 1 saturated heterocycles. The fourth-order valence-corrected chi connectivity index (χ4v) is 3.63. The number of ether oxygens (including phenoxy) is 1. The summed E-state index contributed by atoms with van der Waals surface area (Å²) < 4.78 is 5.67. The number of hydrogen-bond donors (Lipinski definition) is 0. The van der Waals surface area contributed by atoms with E-state index in [1.165, 1.54) is 18.4 Å². The van der Waals surface area contributed by atoms with Crippen molar-refractivity contribution in [2.24, 2.45) is 0 Å². The lowest BCUT2D eigenvalue weighted by Crippen LogP contribution is -2.41. The van der Waals surface area contributed by atoms with E-state index in [2.05, 4.69) is 45.9 Å². The highest BCUT2D eigenvalue weighted by atomic mass is 16.6. The Morgan fingerprint density at radius 2 is 1.62 bits per heavy atom. The van der Waals surface area contributed by atoms with E-state index in [0.29, 0.717) is 0 Å². The molecule has 1 aliphatic carbocycles. The maximum atomic E-state index is 12.4. The van der Waals surface area contributed by atoms with E-state index in [1.54, 1.807) is 4.90 Å². The quantitative estimate of drug-likeness (QED) is 0.737. The van der Waals surface area contributed by atoms with E-state index in [9.17, 15) is 4.79 Å². The van der Waals surface area contributed by atoms with E-state index in [4.69, 9.17) is 4.74 Å². The minimum Gasteiger partial charge on any atom is -0.412 e. The van der Waals surface area contributed by atoms with Crippen molar-refractivity contribution in [3.05, 3.63) is 40.7 Å². The predicted octanol–water partition coefficient (Wildman–Crippen LogP) is 4.87. The van der Waals surface area contributed by atoms with Gasteiger partial charge < -0.3 is 4.74 Å². The normalized spacial score (nSPS) is 21.1. The molecule has 0 spiro atoms. The standard InChI is InChI=1S/C18H23NO2/c1-12-9-13(2)11-15(10-12)19-17(20)21-16(18(19,3)4)14-7-5-6-8-14/h9-11H,5-8H2,1-4H3. The highest BCUT2D eigenvalue weighted by molar-refractivity contribution is 5.94. The van der Waals surface area contributed by atoms with Gasteiger partial charge in [-0.2, -0.15) is 0 Å². The summed E-state index contributed by atoms with van der Waals surface area (Å²) in [5.74, 6) is 0.879. The molecule has 2 aliphatic rings. The molecule has 1 heterocycles. The first-order chi connectivity index (χ1) is 9.89. The van der Waals surface area contributed by atoms with Crippen LogP contribution in [0, 0.1) is 13.8 Å². The van der Waals surface area contributed by atoms with Crippen molar-refractivity contribution in [2.45, 2.75) is 58.9 Å². The van der Waals surface area contributed by atoms with Gasteiger partial charge in [0.05, 0.1) is 0 Å². The maximum absolute atomic E-state index is 12.4. The first-order valence-electron chi connectivity index (χ1n) is 7.72. The van der Waals surface area contributed by atoms with Gasteiger partial charge in [-0.15, -0.1) is 0 Å². The molecule has 0 atom stereocenters. The number of rotatable bonds is 1. The van der Waals surface area contributed by atoms with Gasteiger partial charge in [-0.25, -0.2) is 4.79 Å². The zero-order valence-corrected chi connectivity index (χ0v) is 13.3. The Bertz CT molecular complexity index is 600. The summed E-state index contributed by atoms with van der Waals surface area (Å²) in [6.45, 7) is 8.27. The van der Waals surface area contributed by atoms with Gasteiger partial charge in [-0.05, 0) is 82.2 Å². The molecular weight excluding hydrogens is 262 g/mol. The van der Waals surface area contributed by atoms with E-state index in [1.807, 2.05) is 0 Å². The van der Waals surface area contributed by atoms with Crippen LogP contribution in [0.15, 0.2) is 29.5 Å². The molecule has 0 aromatic heterocycles. The summed E-state index contributed by atoms with van der Waals surface area (Å²) in [4.78, 5) is 14.2. The lowest BCUT2D eigenvalue weighted by molar-refractivity contribution is 0.197. The Morgan fingerprint density at radius 3 is 2.19 bits per heavy atom. The van der Waals surface area contributed by atoms with E-state index < -0.39 is 5.54 Å². The van der Waals surface area contributed by atoms with E-state index in [-0.39, 0.29) is 6.09 Å². The number of carbonyl (C=O) groups is 1. The maximum Gasteiger partial charge on any atom is 0.420 e. The van der Waals surface area contributed by atoms with E-state index in [0.717, 1.165) is 35.4 Å². The van der Waals surface area contributed by atoms with Gasteiger partial charge in [0.2, 0.25) is 0 Å². The molecule has 2 fully saturated rings. The van der Waals surface area contributed by atoms with Crippen molar-refractivity contribution in [3.63, 3.8) is 0 Å². The fourth-order valence-electron chi connectivity index (χ4n) is 3.63. The van der Waals surface area contributed by atoms with Crippen LogP contribution >= 0.6 is 0 Å². The van der Waals surface area contributed by atoms with Crippen LogP contribution in [-0.2, 0) is 4.74 Å². The molecule has 0 radical (unpaired) electrons. The topological polar surface area (TPSA) is 29.5 Å². The number of carbonyl (C=O) groups excluding carboxylic acids is 1. The molecule has 0 N–H and O–H groups in total. The summed E-state index contributed by atoms with van der Waals surface area (Å²) in [6, 6.07) is 6.23. The fraction of sp³-hybridized carbons (Fsp3) is 0.500. The second-order valence-electron chi connectivity index (χ2n) is 6.75. The molecule has 1 aliphatic heterocycles. The van der Waals surface area contributed by atoms with Gasteiger partial charge in [-0.3, -0.25) is 4.90 Å². The number of anilines is 1. The smallest absolute Gasteiger partial charge is 0.412 e. The number of aryl methyl sites for hydroxylation is 2. The van der Waals surface area contributed by atoms with Crippen molar-refractivity contribution in [1.29, 1.82) is 0 Å². The third kappa shape index (κ3) is 2.35. The van der Waals surface area contributed by atoms with Gasteiger partial charge in [0.1, 0.15) is 11.3 Å². The number of hydrogen-bond acceptors (Lipinski definition) is 2. The Kier molecular flexibility index (Phi) is 3.31. The van der Waals surface area contributed by atoms with Gasteiger partial charge >= 0.3 is 6.09 Å². The van der Waals surface area contributed by atoms with Crippen molar-refractivity contribution in [2.75, 3.05) is 4.90 Å². The van der Waals surface area contributed by atoms with Crippen LogP contribution in [0.4, 0.5) is 10.5 Å². The number of benzene rings is 1. The molecule has 3 heteroatoms. The first kappa shape index (κ1) is 14.2. The summed E-state index contributed by atoms with van der Waals surface area (Å²) in [6.07, 6.45) is 4.28.